The standard InChI is InChI=1S/C14H12ClN3O2S/c1-10-13(15)3-2-4-14(10)21(19,20)17-11-6-8-18-12(9-11)5-7-16-18/h2-9,17H,1H3. The molecular weight excluding hydrogens is 310 g/mol. The van der Waals surface area contributed by atoms with Crippen molar-refractivity contribution in [1.29, 1.82) is 0 Å². The number of benzene rings is 1. The van der Waals surface area contributed by atoms with Crippen LogP contribution in [0.3, 0.4) is 0 Å². The molecule has 3 aromatic rings. The van der Waals surface area contributed by atoms with Gasteiger partial charge in [-0.05, 0) is 42.8 Å². The number of fused-ring (bicyclic) bond motifs is 1. The summed E-state index contributed by atoms with van der Waals surface area (Å²) < 4.78 is 29.1. The van der Waals surface area contributed by atoms with Crippen molar-refractivity contribution in [3.63, 3.8) is 0 Å². The number of hydrogen-bond acceptors (Lipinski definition) is 3. The molecule has 0 atom stereocenters. The van der Waals surface area contributed by atoms with E-state index in [4.69, 9.17) is 11.6 Å². The molecule has 7 heteroatoms. The van der Waals surface area contributed by atoms with Crippen LogP contribution in [0, 0.1) is 6.92 Å². The normalized spacial score (nSPS) is 11.7. The molecule has 5 nitrogen and oxygen atoms in total. The minimum atomic E-state index is -3.68. The van der Waals surface area contributed by atoms with E-state index in [2.05, 4.69) is 9.82 Å². The molecule has 21 heavy (non-hydrogen) atoms. The zero-order valence-electron chi connectivity index (χ0n) is 11.1. The van der Waals surface area contributed by atoms with Crippen molar-refractivity contribution >= 4 is 32.8 Å². The first-order chi connectivity index (χ1) is 9.97. The van der Waals surface area contributed by atoms with Gasteiger partial charge in [-0.2, -0.15) is 5.10 Å². The molecule has 1 N–H and O–H groups in total. The maximum Gasteiger partial charge on any atom is 0.262 e. The Morgan fingerprint density at radius 2 is 2.05 bits per heavy atom. The van der Waals surface area contributed by atoms with Crippen molar-refractivity contribution in [1.82, 2.24) is 9.61 Å². The number of aromatic nitrogens is 2. The number of hydrogen-bond donors (Lipinski definition) is 1. The molecule has 0 saturated carbocycles. The largest absolute Gasteiger partial charge is 0.279 e. The third-order valence-corrected chi connectivity index (χ3v) is 5.09. The van der Waals surface area contributed by atoms with E-state index in [1.165, 1.54) is 6.07 Å². The summed E-state index contributed by atoms with van der Waals surface area (Å²) in [6, 6.07) is 9.96. The lowest BCUT2D eigenvalue weighted by Gasteiger charge is -2.11. The van der Waals surface area contributed by atoms with E-state index < -0.39 is 10.0 Å². The van der Waals surface area contributed by atoms with E-state index in [0.717, 1.165) is 5.52 Å². The first-order valence-electron chi connectivity index (χ1n) is 6.19. The minimum absolute atomic E-state index is 0.170. The van der Waals surface area contributed by atoms with E-state index in [1.54, 1.807) is 54.2 Å². The van der Waals surface area contributed by atoms with Crippen LogP contribution < -0.4 is 4.72 Å². The third-order valence-electron chi connectivity index (χ3n) is 3.16. The highest BCUT2D eigenvalue weighted by Crippen LogP contribution is 2.25. The summed E-state index contributed by atoms with van der Waals surface area (Å²) in [5.74, 6) is 0. The molecule has 2 heterocycles. The molecule has 108 valence electrons. The van der Waals surface area contributed by atoms with Crippen LogP contribution in [0.4, 0.5) is 5.69 Å². The molecule has 0 fully saturated rings. The van der Waals surface area contributed by atoms with E-state index in [-0.39, 0.29) is 4.90 Å². The second-order valence-electron chi connectivity index (χ2n) is 4.58. The molecule has 0 aliphatic carbocycles. The van der Waals surface area contributed by atoms with Gasteiger partial charge in [0.25, 0.3) is 10.0 Å². The van der Waals surface area contributed by atoms with Gasteiger partial charge in [0, 0.05) is 17.4 Å². The average Bonchev–Trinajstić information content (AvgIpc) is 2.88. The second-order valence-corrected chi connectivity index (χ2v) is 6.64. The van der Waals surface area contributed by atoms with Crippen molar-refractivity contribution in [3.05, 3.63) is 59.4 Å². The van der Waals surface area contributed by atoms with Crippen LogP contribution in [0.25, 0.3) is 5.52 Å². The topological polar surface area (TPSA) is 63.5 Å². The Labute approximate surface area is 127 Å². The lowest BCUT2D eigenvalue weighted by atomic mass is 10.2. The maximum atomic E-state index is 12.5. The molecule has 1 aromatic carbocycles. The fourth-order valence-electron chi connectivity index (χ4n) is 2.07. The van der Waals surface area contributed by atoms with Gasteiger partial charge >= 0.3 is 0 Å². The number of anilines is 1. The monoisotopic (exact) mass is 321 g/mol. The van der Waals surface area contributed by atoms with Gasteiger partial charge in [-0.3, -0.25) is 4.72 Å². The van der Waals surface area contributed by atoms with Crippen LogP contribution in [0.1, 0.15) is 5.56 Å². The maximum absolute atomic E-state index is 12.5. The van der Waals surface area contributed by atoms with Crippen molar-refractivity contribution in [2.45, 2.75) is 11.8 Å². The van der Waals surface area contributed by atoms with Crippen LogP contribution in [0.5, 0.6) is 0 Å². The van der Waals surface area contributed by atoms with Crippen LogP contribution >= 0.6 is 11.6 Å². The molecule has 0 saturated heterocycles. The quantitative estimate of drug-likeness (QED) is 0.806. The summed E-state index contributed by atoms with van der Waals surface area (Å²) in [4.78, 5) is 0.170. The lowest BCUT2D eigenvalue weighted by molar-refractivity contribution is 0.600. The summed E-state index contributed by atoms with van der Waals surface area (Å²) in [7, 11) is -3.68. The van der Waals surface area contributed by atoms with Gasteiger partial charge in [0.2, 0.25) is 0 Å². The van der Waals surface area contributed by atoms with Gasteiger partial charge in [-0.25, -0.2) is 12.9 Å². The zero-order valence-corrected chi connectivity index (χ0v) is 12.7. The molecule has 0 aliphatic heterocycles. The zero-order chi connectivity index (χ0) is 15.0. The Morgan fingerprint density at radius 1 is 1.24 bits per heavy atom. The smallest absolute Gasteiger partial charge is 0.262 e. The number of sulfonamides is 1. The van der Waals surface area contributed by atoms with Crippen molar-refractivity contribution in [2.75, 3.05) is 4.72 Å². The Bertz CT molecular complexity index is 919. The molecule has 0 spiro atoms. The molecule has 0 amide bonds. The molecule has 0 bridgehead atoms. The van der Waals surface area contributed by atoms with Gasteiger partial charge in [-0.15, -0.1) is 0 Å². The van der Waals surface area contributed by atoms with Gasteiger partial charge in [-0.1, -0.05) is 17.7 Å². The van der Waals surface area contributed by atoms with Crippen LogP contribution in [0.15, 0.2) is 53.7 Å². The van der Waals surface area contributed by atoms with Crippen LogP contribution in [-0.4, -0.2) is 18.0 Å². The predicted octanol–water partition coefficient (Wildman–Crippen LogP) is 3.10. The molecule has 0 aliphatic rings. The van der Waals surface area contributed by atoms with Gasteiger partial charge in [0.15, 0.2) is 0 Å². The van der Waals surface area contributed by atoms with Gasteiger partial charge in [0.05, 0.1) is 16.1 Å². The Hall–Kier alpha value is -2.05. The average molecular weight is 322 g/mol. The van der Waals surface area contributed by atoms with E-state index in [0.29, 0.717) is 16.3 Å². The van der Waals surface area contributed by atoms with Crippen LogP contribution in [0.2, 0.25) is 5.02 Å². The predicted molar refractivity (Wildman–Crippen MR) is 82.2 cm³/mol. The first kappa shape index (κ1) is 13.9. The molecule has 2 aromatic heterocycles. The Kier molecular flexibility index (Phi) is 3.35. The summed E-state index contributed by atoms with van der Waals surface area (Å²) in [6.07, 6.45) is 3.34. The fourth-order valence-corrected chi connectivity index (χ4v) is 3.62. The molecule has 3 rings (SSSR count). The summed E-state index contributed by atoms with van der Waals surface area (Å²) in [6.45, 7) is 1.68. The second kappa shape index (κ2) is 5.05. The number of nitrogens with one attached hydrogen (secondary N) is 1. The highest BCUT2D eigenvalue weighted by Gasteiger charge is 2.18. The lowest BCUT2D eigenvalue weighted by Crippen LogP contribution is -2.14. The first-order valence-corrected chi connectivity index (χ1v) is 8.05. The van der Waals surface area contributed by atoms with E-state index in [1.807, 2.05) is 0 Å². The van der Waals surface area contributed by atoms with E-state index >= 15 is 0 Å². The summed E-state index contributed by atoms with van der Waals surface area (Å²) in [5, 5.41) is 4.48. The number of nitrogens with zero attached hydrogens (tertiary/aromatic N) is 2. The van der Waals surface area contributed by atoms with E-state index in [9.17, 15) is 8.42 Å². The van der Waals surface area contributed by atoms with Crippen molar-refractivity contribution in [2.24, 2.45) is 0 Å². The minimum Gasteiger partial charge on any atom is -0.279 e. The number of halogens is 1. The Balaban J connectivity index is 2.00. The summed E-state index contributed by atoms with van der Waals surface area (Å²) >= 11 is 5.98. The fraction of sp³-hybridized carbons (Fsp3) is 0.0714. The molecule has 0 radical (unpaired) electrons. The highest BCUT2D eigenvalue weighted by molar-refractivity contribution is 7.92. The number of pyridine rings is 1. The van der Waals surface area contributed by atoms with Crippen molar-refractivity contribution < 1.29 is 8.42 Å². The molecule has 0 unspecified atom stereocenters. The van der Waals surface area contributed by atoms with Crippen molar-refractivity contribution in [3.8, 4) is 0 Å². The number of rotatable bonds is 3. The molecular formula is C14H12ClN3O2S. The summed E-state index contributed by atoms with van der Waals surface area (Å²) in [5.41, 5.74) is 1.80. The SMILES string of the molecule is Cc1c(Cl)cccc1S(=O)(=O)Nc1ccn2nccc2c1. The Morgan fingerprint density at radius 3 is 2.86 bits per heavy atom. The highest BCUT2D eigenvalue weighted by atomic mass is 35.5. The van der Waals surface area contributed by atoms with Crippen LogP contribution in [-0.2, 0) is 10.0 Å². The third kappa shape index (κ3) is 2.59. The van der Waals surface area contributed by atoms with Gasteiger partial charge < -0.3 is 0 Å². The van der Waals surface area contributed by atoms with Gasteiger partial charge in [0.1, 0.15) is 0 Å².